The van der Waals surface area contributed by atoms with Crippen LogP contribution in [0.5, 0.6) is 0 Å². The van der Waals surface area contributed by atoms with E-state index in [4.69, 9.17) is 4.98 Å². The Morgan fingerprint density at radius 3 is 2.58 bits per heavy atom. The SMILES string of the molecule is Cc1c(C)n(C2CCCC2)c2ccnc(N3CCc4ccccc4C3)c12. The number of anilines is 1. The zero-order valence-corrected chi connectivity index (χ0v) is 15.8. The number of pyridine rings is 1. The lowest BCUT2D eigenvalue weighted by atomic mass is 9.99. The molecule has 0 amide bonds. The van der Waals surface area contributed by atoms with Crippen LogP contribution in [-0.2, 0) is 13.0 Å². The molecule has 0 saturated heterocycles. The van der Waals surface area contributed by atoms with E-state index in [0.29, 0.717) is 6.04 Å². The molecular weight excluding hydrogens is 318 g/mol. The van der Waals surface area contributed by atoms with Crippen molar-refractivity contribution in [3.05, 3.63) is 58.9 Å². The van der Waals surface area contributed by atoms with Gasteiger partial charge in [0.25, 0.3) is 0 Å². The maximum atomic E-state index is 4.86. The van der Waals surface area contributed by atoms with E-state index in [1.54, 1.807) is 0 Å². The van der Waals surface area contributed by atoms with Crippen molar-refractivity contribution in [2.45, 2.75) is 58.5 Å². The van der Waals surface area contributed by atoms with Crippen LogP contribution < -0.4 is 4.90 Å². The van der Waals surface area contributed by atoms with E-state index in [1.165, 1.54) is 64.8 Å². The summed E-state index contributed by atoms with van der Waals surface area (Å²) in [6.45, 7) is 6.60. The van der Waals surface area contributed by atoms with E-state index < -0.39 is 0 Å². The largest absolute Gasteiger partial charge is 0.351 e. The minimum atomic E-state index is 0.670. The van der Waals surface area contributed by atoms with E-state index in [2.05, 4.69) is 53.6 Å². The summed E-state index contributed by atoms with van der Waals surface area (Å²) < 4.78 is 2.61. The van der Waals surface area contributed by atoms with Gasteiger partial charge in [-0.2, -0.15) is 0 Å². The van der Waals surface area contributed by atoms with Crippen molar-refractivity contribution in [1.29, 1.82) is 0 Å². The lowest BCUT2D eigenvalue weighted by Crippen LogP contribution is -2.31. The summed E-state index contributed by atoms with van der Waals surface area (Å²) in [7, 11) is 0. The zero-order valence-electron chi connectivity index (χ0n) is 15.8. The summed E-state index contributed by atoms with van der Waals surface area (Å²) in [5.41, 5.74) is 7.16. The molecule has 1 aromatic carbocycles. The number of rotatable bonds is 2. The smallest absolute Gasteiger partial charge is 0.138 e. The summed E-state index contributed by atoms with van der Waals surface area (Å²) in [6, 6.07) is 11.7. The summed E-state index contributed by atoms with van der Waals surface area (Å²) in [4.78, 5) is 7.34. The zero-order chi connectivity index (χ0) is 17.7. The highest BCUT2D eigenvalue weighted by Crippen LogP contribution is 2.39. The van der Waals surface area contributed by atoms with Gasteiger partial charge in [0.15, 0.2) is 0 Å². The molecule has 0 bridgehead atoms. The van der Waals surface area contributed by atoms with Crippen molar-refractivity contribution >= 4 is 16.7 Å². The molecule has 2 aliphatic rings. The topological polar surface area (TPSA) is 21.1 Å². The third-order valence-electron chi connectivity index (χ3n) is 6.57. The highest BCUT2D eigenvalue weighted by Gasteiger charge is 2.26. The van der Waals surface area contributed by atoms with Crippen LogP contribution in [0.25, 0.3) is 10.9 Å². The number of fused-ring (bicyclic) bond motifs is 2. The third kappa shape index (κ3) is 2.37. The fraction of sp³-hybridized carbons (Fsp3) is 0.435. The molecule has 3 nitrogen and oxygen atoms in total. The minimum Gasteiger partial charge on any atom is -0.351 e. The summed E-state index contributed by atoms with van der Waals surface area (Å²) >= 11 is 0. The maximum Gasteiger partial charge on any atom is 0.138 e. The van der Waals surface area contributed by atoms with Gasteiger partial charge in [-0.3, -0.25) is 0 Å². The number of aromatic nitrogens is 2. The van der Waals surface area contributed by atoms with Gasteiger partial charge in [0, 0.05) is 36.4 Å². The van der Waals surface area contributed by atoms with Crippen LogP contribution in [0.2, 0.25) is 0 Å². The van der Waals surface area contributed by atoms with Crippen LogP contribution in [0, 0.1) is 13.8 Å². The van der Waals surface area contributed by atoms with Gasteiger partial charge in [-0.1, -0.05) is 37.1 Å². The van der Waals surface area contributed by atoms with E-state index in [1.807, 2.05) is 6.20 Å². The number of nitrogens with zero attached hydrogens (tertiary/aromatic N) is 3. The first-order valence-electron chi connectivity index (χ1n) is 10.0. The highest BCUT2D eigenvalue weighted by molar-refractivity contribution is 5.95. The van der Waals surface area contributed by atoms with Crippen LogP contribution in [-0.4, -0.2) is 16.1 Å². The molecule has 1 aliphatic carbocycles. The first kappa shape index (κ1) is 15.9. The summed E-state index contributed by atoms with van der Waals surface area (Å²) in [5.74, 6) is 1.18. The average Bonchev–Trinajstić information content (AvgIpc) is 3.29. The predicted molar refractivity (Wildman–Crippen MR) is 108 cm³/mol. The molecule has 0 spiro atoms. The molecule has 1 saturated carbocycles. The highest BCUT2D eigenvalue weighted by atomic mass is 15.2. The lowest BCUT2D eigenvalue weighted by molar-refractivity contribution is 0.524. The number of aryl methyl sites for hydroxylation is 1. The van der Waals surface area contributed by atoms with Gasteiger partial charge in [-0.05, 0) is 55.9 Å². The van der Waals surface area contributed by atoms with E-state index in [-0.39, 0.29) is 0 Å². The van der Waals surface area contributed by atoms with Gasteiger partial charge in [-0.25, -0.2) is 4.98 Å². The van der Waals surface area contributed by atoms with Gasteiger partial charge in [0.05, 0.1) is 5.52 Å². The third-order valence-corrected chi connectivity index (χ3v) is 6.57. The van der Waals surface area contributed by atoms with E-state index in [9.17, 15) is 0 Å². The van der Waals surface area contributed by atoms with Crippen molar-refractivity contribution in [2.75, 3.05) is 11.4 Å². The Hall–Kier alpha value is -2.29. The number of hydrogen-bond acceptors (Lipinski definition) is 2. The molecule has 26 heavy (non-hydrogen) atoms. The summed E-state index contributed by atoms with van der Waals surface area (Å²) in [6.07, 6.45) is 8.49. The molecule has 3 aromatic rings. The molecular formula is C23H27N3. The molecule has 2 aromatic heterocycles. The molecule has 0 unspecified atom stereocenters. The summed E-state index contributed by atoms with van der Waals surface area (Å²) in [5, 5.41) is 1.37. The fourth-order valence-corrected chi connectivity index (χ4v) is 5.09. The van der Waals surface area contributed by atoms with E-state index in [0.717, 1.165) is 19.5 Å². The van der Waals surface area contributed by atoms with Crippen molar-refractivity contribution in [3.8, 4) is 0 Å². The second kappa shape index (κ2) is 6.15. The van der Waals surface area contributed by atoms with Crippen molar-refractivity contribution in [3.63, 3.8) is 0 Å². The maximum absolute atomic E-state index is 4.86. The van der Waals surface area contributed by atoms with Gasteiger partial charge in [0.1, 0.15) is 5.82 Å². The second-order valence-electron chi connectivity index (χ2n) is 7.99. The Morgan fingerprint density at radius 1 is 1.00 bits per heavy atom. The van der Waals surface area contributed by atoms with Crippen molar-refractivity contribution in [1.82, 2.24) is 9.55 Å². The second-order valence-corrected chi connectivity index (χ2v) is 7.99. The van der Waals surface area contributed by atoms with Crippen molar-refractivity contribution < 1.29 is 0 Å². The standard InChI is InChI=1S/C23H27N3/c1-16-17(2)26(20-9-5-6-10-20)21-11-13-24-23(22(16)21)25-14-12-18-7-3-4-8-19(18)15-25/h3-4,7-8,11,13,20H,5-6,9-10,12,14-15H2,1-2H3. The van der Waals surface area contributed by atoms with Crippen LogP contribution >= 0.6 is 0 Å². The van der Waals surface area contributed by atoms with Crippen LogP contribution in [0.15, 0.2) is 36.5 Å². The molecule has 3 heterocycles. The van der Waals surface area contributed by atoms with Crippen LogP contribution in [0.4, 0.5) is 5.82 Å². The average molecular weight is 345 g/mol. The minimum absolute atomic E-state index is 0.670. The quantitative estimate of drug-likeness (QED) is 0.626. The Morgan fingerprint density at radius 2 is 1.77 bits per heavy atom. The Labute approximate surface area is 155 Å². The van der Waals surface area contributed by atoms with Gasteiger partial charge >= 0.3 is 0 Å². The molecule has 3 heteroatoms. The Kier molecular flexibility index (Phi) is 3.77. The number of benzene rings is 1. The molecule has 0 N–H and O–H groups in total. The normalized spacial score (nSPS) is 17.8. The first-order chi connectivity index (χ1) is 12.7. The monoisotopic (exact) mass is 345 g/mol. The molecule has 0 radical (unpaired) electrons. The Bertz CT molecular complexity index is 963. The molecule has 1 aliphatic heterocycles. The van der Waals surface area contributed by atoms with Crippen LogP contribution in [0.1, 0.15) is 54.1 Å². The first-order valence-corrected chi connectivity index (χ1v) is 10.0. The fourth-order valence-electron chi connectivity index (χ4n) is 5.09. The number of hydrogen-bond donors (Lipinski definition) is 0. The molecule has 1 fully saturated rings. The predicted octanol–water partition coefficient (Wildman–Crippen LogP) is 5.33. The Balaban J connectivity index is 1.62. The van der Waals surface area contributed by atoms with Gasteiger partial charge < -0.3 is 9.47 Å². The molecule has 0 atom stereocenters. The van der Waals surface area contributed by atoms with Crippen LogP contribution in [0.3, 0.4) is 0 Å². The van der Waals surface area contributed by atoms with Gasteiger partial charge in [-0.15, -0.1) is 0 Å². The molecule has 5 rings (SSSR count). The van der Waals surface area contributed by atoms with Gasteiger partial charge in [0.2, 0.25) is 0 Å². The lowest BCUT2D eigenvalue weighted by Gasteiger charge is -2.30. The molecule has 134 valence electrons. The van der Waals surface area contributed by atoms with Crippen molar-refractivity contribution in [2.24, 2.45) is 0 Å². The van der Waals surface area contributed by atoms with E-state index >= 15 is 0 Å².